The van der Waals surface area contributed by atoms with Gasteiger partial charge in [-0.05, 0) is 99.7 Å². The Labute approximate surface area is 207 Å². The van der Waals surface area contributed by atoms with Gasteiger partial charge in [0.2, 0.25) is 0 Å². The highest BCUT2D eigenvalue weighted by Gasteiger charge is 2.26. The smallest absolute Gasteiger partial charge is 0.306 e. The van der Waals surface area contributed by atoms with Crippen LogP contribution in [0.25, 0.3) is 6.08 Å². The molecule has 1 aliphatic heterocycles. The molecule has 2 aliphatic rings. The van der Waals surface area contributed by atoms with Crippen molar-refractivity contribution in [2.45, 2.75) is 86.5 Å². The molecule has 1 aliphatic carbocycles. The molecule has 0 bridgehead atoms. The molecule has 0 spiro atoms. The fourth-order valence-corrected chi connectivity index (χ4v) is 4.92. The second-order valence-corrected chi connectivity index (χ2v) is 11.5. The number of carboxylic acids is 1. The lowest BCUT2D eigenvalue weighted by atomic mass is 9.72. The molecule has 3 rings (SSSR count). The number of nitrogens with zero attached hydrogens (tertiary/aromatic N) is 1. The van der Waals surface area contributed by atoms with Gasteiger partial charge in [0.05, 0.1) is 5.92 Å². The van der Waals surface area contributed by atoms with E-state index in [9.17, 15) is 9.90 Å². The van der Waals surface area contributed by atoms with Crippen molar-refractivity contribution in [2.75, 3.05) is 19.6 Å². The molecule has 34 heavy (non-hydrogen) atoms. The minimum Gasteiger partial charge on any atom is -0.508 e. The Morgan fingerprint density at radius 3 is 2.18 bits per heavy atom. The summed E-state index contributed by atoms with van der Waals surface area (Å²) >= 11 is 0. The SMILES string of the molecule is CC(C)(C)C1CCCCC1.CC(C)=C(/C=C\c1cc(O)ccc1C)CN1CCC(C(=O)O)CC1. The van der Waals surface area contributed by atoms with Gasteiger partial charge in [-0.15, -0.1) is 0 Å². The molecule has 0 amide bonds. The summed E-state index contributed by atoms with van der Waals surface area (Å²) in [4.78, 5) is 13.4. The van der Waals surface area contributed by atoms with E-state index in [0.29, 0.717) is 5.41 Å². The van der Waals surface area contributed by atoms with Gasteiger partial charge in [-0.3, -0.25) is 9.69 Å². The van der Waals surface area contributed by atoms with E-state index in [1.54, 1.807) is 12.1 Å². The third-order valence-electron chi connectivity index (χ3n) is 7.53. The van der Waals surface area contributed by atoms with Crippen molar-refractivity contribution in [1.29, 1.82) is 0 Å². The van der Waals surface area contributed by atoms with Crippen molar-refractivity contribution < 1.29 is 15.0 Å². The molecule has 1 heterocycles. The summed E-state index contributed by atoms with van der Waals surface area (Å²) in [6.45, 7) is 15.8. The van der Waals surface area contributed by atoms with Crippen LogP contribution in [0.1, 0.15) is 90.7 Å². The maximum Gasteiger partial charge on any atom is 0.306 e. The first-order valence-electron chi connectivity index (χ1n) is 13.1. The van der Waals surface area contributed by atoms with Crippen LogP contribution in [0.4, 0.5) is 0 Å². The van der Waals surface area contributed by atoms with Gasteiger partial charge in [-0.1, -0.05) is 63.8 Å². The van der Waals surface area contributed by atoms with Gasteiger partial charge < -0.3 is 10.2 Å². The summed E-state index contributed by atoms with van der Waals surface area (Å²) < 4.78 is 0. The van der Waals surface area contributed by atoms with Gasteiger partial charge >= 0.3 is 5.97 Å². The lowest BCUT2D eigenvalue weighted by molar-refractivity contribution is -0.143. The van der Waals surface area contributed by atoms with Gasteiger partial charge in [0.25, 0.3) is 0 Å². The van der Waals surface area contributed by atoms with Gasteiger partial charge in [-0.2, -0.15) is 0 Å². The first-order chi connectivity index (χ1) is 16.0. The molecule has 1 saturated heterocycles. The van der Waals surface area contributed by atoms with Crippen LogP contribution in [0, 0.1) is 24.2 Å². The largest absolute Gasteiger partial charge is 0.508 e. The zero-order chi connectivity index (χ0) is 25.3. The number of carboxylic acid groups (broad SMARTS) is 1. The molecule has 190 valence electrons. The number of hydrogen-bond acceptors (Lipinski definition) is 3. The number of carbonyl (C=O) groups is 1. The number of phenols is 1. The molecule has 4 nitrogen and oxygen atoms in total. The topological polar surface area (TPSA) is 60.8 Å². The third kappa shape index (κ3) is 9.29. The number of aryl methyl sites for hydroxylation is 1. The molecule has 1 aromatic rings. The van der Waals surface area contributed by atoms with E-state index >= 15 is 0 Å². The lowest BCUT2D eigenvalue weighted by Gasteiger charge is -2.33. The number of benzene rings is 1. The van der Waals surface area contributed by atoms with E-state index in [2.05, 4.69) is 45.6 Å². The molecular formula is C30H47NO3. The highest BCUT2D eigenvalue weighted by Crippen LogP contribution is 2.37. The van der Waals surface area contributed by atoms with E-state index in [0.717, 1.165) is 49.5 Å². The van der Waals surface area contributed by atoms with Crippen LogP contribution in [0.5, 0.6) is 5.75 Å². The fourth-order valence-electron chi connectivity index (χ4n) is 4.92. The second kappa shape index (κ2) is 13.1. The van der Waals surface area contributed by atoms with E-state index in [1.165, 1.54) is 43.3 Å². The van der Waals surface area contributed by atoms with Crippen LogP contribution in [0.15, 0.2) is 35.4 Å². The second-order valence-electron chi connectivity index (χ2n) is 11.5. The molecule has 0 radical (unpaired) electrons. The van der Waals surface area contributed by atoms with Crippen molar-refractivity contribution in [3.63, 3.8) is 0 Å². The Hall–Kier alpha value is -2.07. The van der Waals surface area contributed by atoms with Gasteiger partial charge in [0.15, 0.2) is 0 Å². The first-order valence-corrected chi connectivity index (χ1v) is 13.1. The minimum atomic E-state index is -0.670. The number of likely N-dealkylation sites (tertiary alicyclic amines) is 1. The molecule has 4 heteroatoms. The summed E-state index contributed by atoms with van der Waals surface area (Å²) in [7, 11) is 0. The van der Waals surface area contributed by atoms with E-state index in [1.807, 2.05) is 19.1 Å². The Kier molecular flexibility index (Phi) is 10.9. The number of aliphatic carboxylic acids is 1. The van der Waals surface area contributed by atoms with Crippen molar-refractivity contribution in [3.05, 3.63) is 46.5 Å². The van der Waals surface area contributed by atoms with Gasteiger partial charge in [-0.25, -0.2) is 0 Å². The van der Waals surface area contributed by atoms with E-state index < -0.39 is 5.97 Å². The Morgan fingerprint density at radius 2 is 1.68 bits per heavy atom. The van der Waals surface area contributed by atoms with Crippen molar-refractivity contribution >= 4 is 12.0 Å². The Bertz CT molecular complexity index is 844. The van der Waals surface area contributed by atoms with Gasteiger partial charge in [0, 0.05) is 6.54 Å². The number of piperidine rings is 1. The zero-order valence-corrected chi connectivity index (χ0v) is 22.4. The monoisotopic (exact) mass is 469 g/mol. The van der Waals surface area contributed by atoms with Crippen molar-refractivity contribution in [2.24, 2.45) is 17.3 Å². The average Bonchev–Trinajstić information content (AvgIpc) is 2.79. The summed E-state index contributed by atoms with van der Waals surface area (Å²) in [6, 6.07) is 5.38. The fraction of sp³-hybridized carbons (Fsp3) is 0.633. The van der Waals surface area contributed by atoms with Crippen LogP contribution < -0.4 is 0 Å². The number of hydrogen-bond donors (Lipinski definition) is 2. The first kappa shape index (κ1) is 28.2. The molecule has 0 atom stereocenters. The molecule has 2 fully saturated rings. The molecule has 0 aromatic heterocycles. The van der Waals surface area contributed by atoms with Crippen molar-refractivity contribution in [1.82, 2.24) is 4.90 Å². The number of rotatable bonds is 5. The summed E-state index contributed by atoms with van der Waals surface area (Å²) in [5, 5.41) is 18.7. The summed E-state index contributed by atoms with van der Waals surface area (Å²) in [5.74, 6) is 0.411. The lowest BCUT2D eigenvalue weighted by Crippen LogP contribution is -2.37. The zero-order valence-electron chi connectivity index (χ0n) is 22.4. The highest BCUT2D eigenvalue weighted by molar-refractivity contribution is 5.70. The van der Waals surface area contributed by atoms with Crippen LogP contribution in [-0.4, -0.2) is 40.7 Å². The summed E-state index contributed by atoms with van der Waals surface area (Å²) in [6.07, 6.45) is 13.0. The molecule has 1 aromatic carbocycles. The standard InChI is InChI=1S/C20H27NO3.C10H20/c1-14(2)18(6-5-17-12-19(22)7-4-15(17)3)13-21-10-8-16(9-11-21)20(23)24;1-10(2,3)9-7-5-4-6-8-9/h4-7,12,16,22H,8-11,13H2,1-3H3,(H,23,24);9H,4-8H2,1-3H3/b6-5-;. The maximum atomic E-state index is 11.1. The average molecular weight is 470 g/mol. The Balaban J connectivity index is 0.000000340. The van der Waals surface area contributed by atoms with Crippen LogP contribution >= 0.6 is 0 Å². The van der Waals surface area contributed by atoms with Crippen molar-refractivity contribution in [3.8, 4) is 5.75 Å². The minimum absolute atomic E-state index is 0.193. The van der Waals surface area contributed by atoms with Crippen LogP contribution in [-0.2, 0) is 4.79 Å². The molecule has 1 saturated carbocycles. The number of aromatic hydroxyl groups is 1. The molecular weight excluding hydrogens is 422 g/mol. The van der Waals surface area contributed by atoms with E-state index in [-0.39, 0.29) is 11.7 Å². The maximum absolute atomic E-state index is 11.1. The van der Waals surface area contributed by atoms with Crippen LogP contribution in [0.3, 0.4) is 0 Å². The normalized spacial score (nSPS) is 18.4. The molecule has 2 N–H and O–H groups in total. The highest BCUT2D eigenvalue weighted by atomic mass is 16.4. The quantitative estimate of drug-likeness (QED) is 0.439. The molecule has 0 unspecified atom stereocenters. The third-order valence-corrected chi connectivity index (χ3v) is 7.53. The van der Waals surface area contributed by atoms with E-state index in [4.69, 9.17) is 5.11 Å². The predicted molar refractivity (Wildman–Crippen MR) is 143 cm³/mol. The number of phenolic OH excluding ortho intramolecular Hbond substituents is 1. The predicted octanol–water partition coefficient (Wildman–Crippen LogP) is 7.46. The summed E-state index contributed by atoms with van der Waals surface area (Å²) in [5.41, 5.74) is 5.20. The van der Waals surface area contributed by atoms with Gasteiger partial charge in [0.1, 0.15) is 5.75 Å². The Morgan fingerprint density at radius 1 is 1.06 bits per heavy atom. The number of allylic oxidation sites excluding steroid dienone is 1. The van der Waals surface area contributed by atoms with Crippen LogP contribution in [0.2, 0.25) is 0 Å².